The van der Waals surface area contributed by atoms with E-state index in [4.69, 9.17) is 14.6 Å². The molecule has 0 spiro atoms. The molecule has 19 heavy (non-hydrogen) atoms. The summed E-state index contributed by atoms with van der Waals surface area (Å²) in [6, 6.07) is 4.23. The summed E-state index contributed by atoms with van der Waals surface area (Å²) in [6.45, 7) is 0. The molecular formula is C12H9NO5S. The van der Waals surface area contributed by atoms with Crippen molar-refractivity contribution in [2.24, 2.45) is 0 Å². The van der Waals surface area contributed by atoms with Crippen LogP contribution in [0.1, 0.15) is 16.1 Å². The average Bonchev–Trinajstić information content (AvgIpc) is 2.40. The minimum absolute atomic E-state index is 0.112. The second-order valence-electron chi connectivity index (χ2n) is 3.57. The molecule has 7 heteroatoms. The van der Waals surface area contributed by atoms with Gasteiger partial charge in [0, 0.05) is 12.3 Å². The highest BCUT2D eigenvalue weighted by molar-refractivity contribution is 7.98. The van der Waals surface area contributed by atoms with Gasteiger partial charge in [0.25, 0.3) is 0 Å². The van der Waals surface area contributed by atoms with Crippen LogP contribution < -0.4 is 5.43 Å². The van der Waals surface area contributed by atoms with Crippen molar-refractivity contribution in [1.29, 1.82) is 0 Å². The Morgan fingerprint density at radius 2 is 2.21 bits per heavy atom. The lowest BCUT2D eigenvalue weighted by atomic mass is 10.3. The van der Waals surface area contributed by atoms with Gasteiger partial charge >= 0.3 is 5.97 Å². The van der Waals surface area contributed by atoms with Crippen molar-refractivity contribution in [2.45, 2.75) is 10.8 Å². The highest BCUT2D eigenvalue weighted by Gasteiger charge is 2.05. The van der Waals surface area contributed by atoms with Crippen molar-refractivity contribution in [3.63, 3.8) is 0 Å². The number of rotatable bonds is 4. The van der Waals surface area contributed by atoms with Gasteiger partial charge in [-0.05, 0) is 12.1 Å². The van der Waals surface area contributed by atoms with Crippen LogP contribution in [-0.2, 0) is 5.75 Å². The summed E-state index contributed by atoms with van der Waals surface area (Å²) >= 11 is 1.29. The maximum atomic E-state index is 11.2. The number of hydrogen-bond acceptors (Lipinski definition) is 6. The predicted octanol–water partition coefficient (Wildman–Crippen LogP) is 1.73. The normalized spacial score (nSPS) is 10.3. The summed E-state index contributed by atoms with van der Waals surface area (Å²) in [7, 11) is 0. The van der Waals surface area contributed by atoms with E-state index >= 15 is 0 Å². The lowest BCUT2D eigenvalue weighted by Gasteiger charge is -2.01. The van der Waals surface area contributed by atoms with Crippen LogP contribution in [0.15, 0.2) is 44.9 Å². The number of carbonyl (C=O) groups is 1. The van der Waals surface area contributed by atoms with Crippen LogP contribution in [0, 0.1) is 0 Å². The number of aromatic carboxylic acids is 1. The number of carboxylic acid groups (broad SMARTS) is 1. The summed E-state index contributed by atoms with van der Waals surface area (Å²) in [5, 5.41) is 18.4. The molecule has 0 bridgehead atoms. The fourth-order valence-corrected chi connectivity index (χ4v) is 1.99. The number of pyridine rings is 1. The maximum absolute atomic E-state index is 11.2. The number of thioether (sulfide) groups is 1. The molecule has 0 aliphatic carbocycles. The highest BCUT2D eigenvalue weighted by Crippen LogP contribution is 2.20. The molecule has 2 N–H and O–H groups in total. The van der Waals surface area contributed by atoms with E-state index in [9.17, 15) is 9.59 Å². The third-order valence-corrected chi connectivity index (χ3v) is 3.18. The molecule has 0 unspecified atom stereocenters. The van der Waals surface area contributed by atoms with E-state index < -0.39 is 17.1 Å². The van der Waals surface area contributed by atoms with Crippen molar-refractivity contribution in [3.05, 3.63) is 52.2 Å². The van der Waals surface area contributed by atoms with Gasteiger partial charge in [0.2, 0.25) is 5.43 Å². The summed E-state index contributed by atoms with van der Waals surface area (Å²) < 4.78 is 5.03. The number of hydrogen-bond donors (Lipinski definition) is 2. The molecule has 0 fully saturated rings. The lowest BCUT2D eigenvalue weighted by molar-refractivity contribution is 0.0696. The third kappa shape index (κ3) is 3.35. The van der Waals surface area contributed by atoms with Crippen molar-refractivity contribution < 1.29 is 19.4 Å². The van der Waals surface area contributed by atoms with E-state index in [1.807, 2.05) is 0 Å². The Hall–Kier alpha value is -2.28. The van der Waals surface area contributed by atoms with E-state index in [-0.39, 0.29) is 5.56 Å². The van der Waals surface area contributed by atoms with Crippen molar-refractivity contribution in [3.8, 4) is 5.75 Å². The van der Waals surface area contributed by atoms with E-state index in [2.05, 4.69) is 4.98 Å². The topological polar surface area (TPSA) is 101 Å². The number of aromatic hydroxyl groups is 1. The molecule has 6 nitrogen and oxygen atoms in total. The molecule has 0 radical (unpaired) electrons. The molecular weight excluding hydrogens is 270 g/mol. The first-order valence-electron chi connectivity index (χ1n) is 5.19. The third-order valence-electron chi connectivity index (χ3n) is 2.21. The van der Waals surface area contributed by atoms with Crippen LogP contribution >= 0.6 is 11.8 Å². The molecule has 0 saturated carbocycles. The van der Waals surface area contributed by atoms with E-state index in [1.54, 1.807) is 6.07 Å². The van der Waals surface area contributed by atoms with Gasteiger partial charge in [-0.25, -0.2) is 9.78 Å². The maximum Gasteiger partial charge on any atom is 0.337 e. The fraction of sp³-hybridized carbons (Fsp3) is 0.0833. The molecule has 0 aliphatic rings. The standard InChI is InChI=1S/C12H9NO5S/c14-9-3-8(18-5-10(9)15)6-19-11-2-1-7(4-13-11)12(16)17/h1-5,15H,6H2,(H,16,17). The Bertz CT molecular complexity index is 650. The minimum atomic E-state index is -1.03. The first kappa shape index (κ1) is 13.2. The number of aromatic nitrogens is 1. The summed E-state index contributed by atoms with van der Waals surface area (Å²) in [5.74, 6) is -0.710. The zero-order chi connectivity index (χ0) is 13.8. The predicted molar refractivity (Wildman–Crippen MR) is 67.4 cm³/mol. The molecule has 0 saturated heterocycles. The smallest absolute Gasteiger partial charge is 0.337 e. The minimum Gasteiger partial charge on any atom is -0.502 e. The molecule has 0 aromatic carbocycles. The second-order valence-corrected chi connectivity index (χ2v) is 4.57. The van der Waals surface area contributed by atoms with Crippen LogP contribution in [-0.4, -0.2) is 21.2 Å². The Morgan fingerprint density at radius 3 is 2.79 bits per heavy atom. The largest absolute Gasteiger partial charge is 0.502 e. The van der Waals surface area contributed by atoms with Gasteiger partial charge in [0.05, 0.1) is 16.3 Å². The molecule has 0 aliphatic heterocycles. The van der Waals surface area contributed by atoms with E-state index in [0.29, 0.717) is 16.5 Å². The quantitative estimate of drug-likeness (QED) is 0.822. The summed E-state index contributed by atoms with van der Waals surface area (Å²) in [5.41, 5.74) is -0.392. The lowest BCUT2D eigenvalue weighted by Crippen LogP contribution is -1.99. The van der Waals surface area contributed by atoms with Gasteiger partial charge in [-0.15, -0.1) is 0 Å². The Balaban J connectivity index is 2.04. The molecule has 0 amide bonds. The monoisotopic (exact) mass is 279 g/mol. The van der Waals surface area contributed by atoms with Crippen LogP contribution in [0.2, 0.25) is 0 Å². The van der Waals surface area contributed by atoms with Crippen LogP contribution in [0.25, 0.3) is 0 Å². The van der Waals surface area contributed by atoms with Crippen LogP contribution in [0.3, 0.4) is 0 Å². The van der Waals surface area contributed by atoms with Crippen molar-refractivity contribution in [2.75, 3.05) is 0 Å². The van der Waals surface area contributed by atoms with Gasteiger partial charge in [-0.1, -0.05) is 11.8 Å². The molecule has 2 heterocycles. The molecule has 2 rings (SSSR count). The van der Waals surface area contributed by atoms with Crippen LogP contribution in [0.5, 0.6) is 5.75 Å². The Morgan fingerprint density at radius 1 is 1.42 bits per heavy atom. The summed E-state index contributed by atoms with van der Waals surface area (Å²) in [6.07, 6.45) is 2.25. The van der Waals surface area contributed by atoms with Crippen molar-refractivity contribution in [1.82, 2.24) is 4.98 Å². The average molecular weight is 279 g/mol. The van der Waals surface area contributed by atoms with Gasteiger partial charge in [0.1, 0.15) is 12.0 Å². The molecule has 2 aromatic rings. The van der Waals surface area contributed by atoms with Gasteiger partial charge < -0.3 is 14.6 Å². The van der Waals surface area contributed by atoms with E-state index in [1.165, 1.54) is 30.1 Å². The highest BCUT2D eigenvalue weighted by atomic mass is 32.2. The molecule has 98 valence electrons. The summed E-state index contributed by atoms with van der Waals surface area (Å²) in [4.78, 5) is 25.8. The van der Waals surface area contributed by atoms with E-state index in [0.717, 1.165) is 6.26 Å². The van der Waals surface area contributed by atoms with Gasteiger partial charge in [0.15, 0.2) is 5.75 Å². The SMILES string of the molecule is O=C(O)c1ccc(SCc2cc(=O)c(O)co2)nc1. The zero-order valence-electron chi connectivity index (χ0n) is 9.57. The van der Waals surface area contributed by atoms with Crippen molar-refractivity contribution >= 4 is 17.7 Å². The Labute approximate surface area is 111 Å². The molecule has 0 atom stereocenters. The number of nitrogens with zero attached hydrogens (tertiary/aromatic N) is 1. The Kier molecular flexibility index (Phi) is 3.86. The zero-order valence-corrected chi connectivity index (χ0v) is 10.4. The second kappa shape index (κ2) is 5.57. The first-order chi connectivity index (χ1) is 9.06. The van der Waals surface area contributed by atoms with Gasteiger partial charge in [-0.3, -0.25) is 4.79 Å². The molecule has 2 aromatic heterocycles. The number of carboxylic acids is 1. The first-order valence-corrected chi connectivity index (χ1v) is 6.17. The van der Waals surface area contributed by atoms with Gasteiger partial charge in [-0.2, -0.15) is 0 Å². The van der Waals surface area contributed by atoms with Crippen LogP contribution in [0.4, 0.5) is 0 Å². The fourth-order valence-electron chi connectivity index (χ4n) is 1.26.